The van der Waals surface area contributed by atoms with Crippen LogP contribution in [0.4, 0.5) is 0 Å². The molecule has 3 atom stereocenters. The van der Waals surface area contributed by atoms with Crippen molar-refractivity contribution in [2.24, 2.45) is 5.92 Å². The summed E-state index contributed by atoms with van der Waals surface area (Å²) >= 11 is 0. The fourth-order valence-corrected chi connectivity index (χ4v) is 7.39. The third-order valence-electron chi connectivity index (χ3n) is 7.38. The highest BCUT2D eigenvalue weighted by Gasteiger charge is 2.54. The smallest absolute Gasteiger partial charge is 0.230 e. The Balaban J connectivity index is 1.40. The van der Waals surface area contributed by atoms with E-state index in [2.05, 4.69) is 23.8 Å². The number of hydrogen-bond donors (Lipinski definition) is 0. The molecule has 0 radical (unpaired) electrons. The van der Waals surface area contributed by atoms with Gasteiger partial charge in [0.1, 0.15) is 6.04 Å². The van der Waals surface area contributed by atoms with E-state index in [-0.39, 0.29) is 29.9 Å². The first kappa shape index (κ1) is 26.2. The van der Waals surface area contributed by atoms with E-state index < -0.39 is 28.0 Å². The standard InChI is InChI=1S/C29H32N4O4S/c1-20(2)14-25(23-8-3-7-22(15-23)24-9-5-12-31-17-24)29(35)32-13-10-26-28(32)27(34)18-33(26)38(36,37)19-21-6-4-11-30-16-21/h3-9,11-12,15-17,20,25-26,28H,10,13-14,18-19H2,1-2H3. The van der Waals surface area contributed by atoms with Gasteiger partial charge in [0, 0.05) is 31.3 Å². The molecule has 2 aliphatic heterocycles. The Kier molecular flexibility index (Phi) is 7.40. The van der Waals surface area contributed by atoms with Gasteiger partial charge in [-0.3, -0.25) is 19.6 Å². The Labute approximate surface area is 223 Å². The summed E-state index contributed by atoms with van der Waals surface area (Å²) in [6.45, 7) is 4.31. The summed E-state index contributed by atoms with van der Waals surface area (Å²) < 4.78 is 27.9. The zero-order chi connectivity index (χ0) is 26.9. The number of sulfonamides is 1. The third-order valence-corrected chi connectivity index (χ3v) is 9.19. The number of pyridine rings is 2. The number of likely N-dealkylation sites (tertiary alicyclic amines) is 1. The third kappa shape index (κ3) is 5.26. The van der Waals surface area contributed by atoms with Crippen molar-refractivity contribution in [1.29, 1.82) is 0 Å². The number of carbonyl (C=O) groups excluding carboxylic acids is 2. The van der Waals surface area contributed by atoms with Crippen LogP contribution < -0.4 is 0 Å². The molecule has 8 nitrogen and oxygen atoms in total. The van der Waals surface area contributed by atoms with Crippen molar-refractivity contribution in [3.63, 3.8) is 0 Å². The average molecular weight is 533 g/mol. The fourth-order valence-electron chi connectivity index (χ4n) is 5.68. The van der Waals surface area contributed by atoms with E-state index in [1.54, 1.807) is 35.6 Å². The van der Waals surface area contributed by atoms with Crippen molar-refractivity contribution in [3.8, 4) is 11.1 Å². The van der Waals surface area contributed by atoms with Gasteiger partial charge in [-0.1, -0.05) is 50.2 Å². The molecule has 9 heteroatoms. The first-order chi connectivity index (χ1) is 18.2. The topological polar surface area (TPSA) is 101 Å². The Bertz CT molecular complexity index is 1410. The number of ketones is 1. The molecule has 3 unspecified atom stereocenters. The number of aromatic nitrogens is 2. The quantitative estimate of drug-likeness (QED) is 0.439. The van der Waals surface area contributed by atoms with Gasteiger partial charge in [-0.05, 0) is 53.1 Å². The Morgan fingerprint density at radius 3 is 2.45 bits per heavy atom. The molecule has 3 aromatic rings. The van der Waals surface area contributed by atoms with Gasteiger partial charge in [-0.2, -0.15) is 4.31 Å². The highest BCUT2D eigenvalue weighted by Crippen LogP contribution is 2.37. The number of amides is 1. The van der Waals surface area contributed by atoms with Crippen LogP contribution in [0.25, 0.3) is 11.1 Å². The maximum atomic E-state index is 14.0. The Morgan fingerprint density at radius 1 is 1.03 bits per heavy atom. The zero-order valence-corrected chi connectivity index (χ0v) is 22.4. The summed E-state index contributed by atoms with van der Waals surface area (Å²) in [5, 5.41) is 0. The number of carbonyl (C=O) groups is 2. The predicted molar refractivity (Wildman–Crippen MR) is 144 cm³/mol. The number of fused-ring (bicyclic) bond motifs is 1. The number of benzene rings is 1. The van der Waals surface area contributed by atoms with Crippen molar-refractivity contribution in [2.75, 3.05) is 13.1 Å². The van der Waals surface area contributed by atoms with Crippen molar-refractivity contribution < 1.29 is 18.0 Å². The highest BCUT2D eigenvalue weighted by atomic mass is 32.2. The molecule has 198 valence electrons. The van der Waals surface area contributed by atoms with E-state index >= 15 is 0 Å². The van der Waals surface area contributed by atoms with Gasteiger partial charge in [0.15, 0.2) is 5.78 Å². The normalized spacial score (nSPS) is 20.6. The van der Waals surface area contributed by atoms with Crippen LogP contribution in [-0.2, 0) is 25.4 Å². The van der Waals surface area contributed by atoms with E-state index in [0.29, 0.717) is 24.9 Å². The molecule has 2 aromatic heterocycles. The second-order valence-corrected chi connectivity index (χ2v) is 12.4. The van der Waals surface area contributed by atoms with Crippen LogP contribution in [0.3, 0.4) is 0 Å². The van der Waals surface area contributed by atoms with E-state index in [1.807, 2.05) is 36.4 Å². The molecule has 2 saturated heterocycles. The fraction of sp³-hybridized carbons (Fsp3) is 0.379. The molecule has 1 amide bonds. The minimum absolute atomic E-state index is 0.116. The summed E-state index contributed by atoms with van der Waals surface area (Å²) in [5.41, 5.74) is 3.40. The molecule has 0 saturated carbocycles. The van der Waals surface area contributed by atoms with Gasteiger partial charge >= 0.3 is 0 Å². The molecule has 0 aliphatic carbocycles. The molecular formula is C29H32N4O4S. The van der Waals surface area contributed by atoms with Crippen molar-refractivity contribution in [1.82, 2.24) is 19.2 Å². The lowest BCUT2D eigenvalue weighted by molar-refractivity contribution is -0.138. The van der Waals surface area contributed by atoms with Crippen LogP contribution >= 0.6 is 0 Å². The lowest BCUT2D eigenvalue weighted by Gasteiger charge is -2.29. The van der Waals surface area contributed by atoms with Crippen LogP contribution in [0.5, 0.6) is 0 Å². The number of nitrogens with zero attached hydrogens (tertiary/aromatic N) is 4. The van der Waals surface area contributed by atoms with Gasteiger partial charge in [0.05, 0.1) is 24.3 Å². The molecule has 1 aromatic carbocycles. The summed E-state index contributed by atoms with van der Waals surface area (Å²) in [6.07, 6.45) is 7.70. The van der Waals surface area contributed by atoms with E-state index in [0.717, 1.165) is 16.7 Å². The molecule has 5 rings (SSSR count). The first-order valence-electron chi connectivity index (χ1n) is 13.0. The van der Waals surface area contributed by atoms with Gasteiger partial charge < -0.3 is 4.90 Å². The average Bonchev–Trinajstić information content (AvgIpc) is 3.49. The van der Waals surface area contributed by atoms with Gasteiger partial charge in [-0.15, -0.1) is 0 Å². The minimum atomic E-state index is -3.75. The van der Waals surface area contributed by atoms with Crippen LogP contribution in [0, 0.1) is 5.92 Å². The second-order valence-electron chi connectivity index (χ2n) is 10.5. The molecule has 38 heavy (non-hydrogen) atoms. The van der Waals surface area contributed by atoms with Crippen molar-refractivity contribution >= 4 is 21.7 Å². The van der Waals surface area contributed by atoms with Crippen LogP contribution in [0.1, 0.15) is 43.7 Å². The zero-order valence-electron chi connectivity index (χ0n) is 21.6. The lowest BCUT2D eigenvalue weighted by Crippen LogP contribution is -2.45. The van der Waals surface area contributed by atoms with Crippen LogP contribution in [0.2, 0.25) is 0 Å². The monoisotopic (exact) mass is 532 g/mol. The number of Topliss-reactive ketones (excluding diaryl/α,β-unsaturated/α-hetero) is 1. The van der Waals surface area contributed by atoms with E-state index in [1.165, 1.54) is 10.5 Å². The number of rotatable bonds is 8. The predicted octanol–water partition coefficient (Wildman–Crippen LogP) is 3.66. The second kappa shape index (κ2) is 10.7. The maximum absolute atomic E-state index is 14.0. The SMILES string of the molecule is CC(C)CC(C(=O)N1CCC2C1C(=O)CN2S(=O)(=O)Cc1cccnc1)c1cccc(-c2cccnc2)c1. The van der Waals surface area contributed by atoms with Crippen LogP contribution in [-0.4, -0.2) is 64.5 Å². The summed E-state index contributed by atoms with van der Waals surface area (Å²) in [6, 6.07) is 13.9. The van der Waals surface area contributed by atoms with E-state index in [9.17, 15) is 18.0 Å². The van der Waals surface area contributed by atoms with E-state index in [4.69, 9.17) is 0 Å². The largest absolute Gasteiger partial charge is 0.330 e. The number of hydrogen-bond acceptors (Lipinski definition) is 6. The maximum Gasteiger partial charge on any atom is 0.230 e. The molecule has 4 heterocycles. The molecule has 2 fully saturated rings. The first-order valence-corrected chi connectivity index (χ1v) is 14.6. The van der Waals surface area contributed by atoms with Crippen molar-refractivity contribution in [2.45, 2.75) is 50.4 Å². The molecule has 0 spiro atoms. The molecule has 0 bridgehead atoms. The Hall–Kier alpha value is -3.43. The summed E-state index contributed by atoms with van der Waals surface area (Å²) in [5.74, 6) is -0.737. The molecular weight excluding hydrogens is 500 g/mol. The summed E-state index contributed by atoms with van der Waals surface area (Å²) in [7, 11) is -3.75. The molecule has 2 aliphatic rings. The van der Waals surface area contributed by atoms with Gasteiger partial charge in [0.2, 0.25) is 15.9 Å². The van der Waals surface area contributed by atoms with Gasteiger partial charge in [0.25, 0.3) is 0 Å². The Morgan fingerprint density at radius 2 is 1.76 bits per heavy atom. The molecule has 0 N–H and O–H groups in total. The summed E-state index contributed by atoms with van der Waals surface area (Å²) in [4.78, 5) is 37.1. The van der Waals surface area contributed by atoms with Gasteiger partial charge in [-0.25, -0.2) is 8.42 Å². The minimum Gasteiger partial charge on any atom is -0.330 e. The van der Waals surface area contributed by atoms with Crippen LogP contribution in [0.15, 0.2) is 73.3 Å². The van der Waals surface area contributed by atoms with Crippen molar-refractivity contribution in [3.05, 3.63) is 84.4 Å². The lowest BCUT2D eigenvalue weighted by atomic mass is 9.87. The highest BCUT2D eigenvalue weighted by molar-refractivity contribution is 7.88.